The number of aromatic nitrogens is 1. The van der Waals surface area contributed by atoms with Crippen molar-refractivity contribution in [3.63, 3.8) is 0 Å². The summed E-state index contributed by atoms with van der Waals surface area (Å²) >= 11 is 0. The Labute approximate surface area is 213 Å². The van der Waals surface area contributed by atoms with Crippen LogP contribution in [0.3, 0.4) is 0 Å². The Hall–Kier alpha value is -3.81. The number of carbonyl (C=O) groups excluding carboxylic acids is 2. The molecule has 4 rings (SSSR count). The molecule has 13 heteroatoms. The molecule has 37 heavy (non-hydrogen) atoms. The number of benzene rings is 2. The summed E-state index contributed by atoms with van der Waals surface area (Å²) < 4.78 is 28.0. The minimum Gasteiger partial charge on any atom is -0.497 e. The predicted octanol–water partition coefficient (Wildman–Crippen LogP) is 2.88. The van der Waals surface area contributed by atoms with Crippen LogP contribution in [-0.4, -0.2) is 61.5 Å². The monoisotopic (exact) mass is 528 g/mol. The molecule has 0 spiro atoms. The van der Waals surface area contributed by atoms with Crippen LogP contribution < -0.4 is 15.2 Å². The molecule has 1 saturated heterocycles. The summed E-state index contributed by atoms with van der Waals surface area (Å²) in [5, 5.41) is 26.6. The number of H-pyrrole nitrogens is 1. The van der Waals surface area contributed by atoms with Crippen LogP contribution >= 0.6 is 0 Å². The van der Waals surface area contributed by atoms with E-state index in [0.29, 0.717) is 48.3 Å². The van der Waals surface area contributed by atoms with Gasteiger partial charge < -0.3 is 20.1 Å². The van der Waals surface area contributed by atoms with Gasteiger partial charge in [-0.05, 0) is 62.7 Å². The van der Waals surface area contributed by atoms with Crippen molar-refractivity contribution in [2.75, 3.05) is 25.5 Å². The molecule has 1 aliphatic heterocycles. The summed E-state index contributed by atoms with van der Waals surface area (Å²) in [5.74, 6) is -0.772. The Morgan fingerprint density at radius 2 is 1.97 bits per heavy atom. The van der Waals surface area contributed by atoms with E-state index in [4.69, 9.17) is 9.88 Å². The summed E-state index contributed by atoms with van der Waals surface area (Å²) in [6.45, 7) is 2.69. The number of aromatic amines is 1. The third-order valence-corrected chi connectivity index (χ3v) is 7.32. The van der Waals surface area contributed by atoms with E-state index in [1.165, 1.54) is 31.4 Å². The SMILES string of the molecule is COc1ccc2c(N=NC(=O)C3CCCN(C(C)C(=O)Nc4ccc(S(N)(=O)=O)cc4)C3)c(O)[nH]c2c1. The molecule has 12 nitrogen and oxygen atoms in total. The zero-order chi connectivity index (χ0) is 26.7. The maximum atomic E-state index is 12.8. The van der Waals surface area contributed by atoms with Crippen molar-refractivity contribution in [1.29, 1.82) is 0 Å². The number of amides is 2. The summed E-state index contributed by atoms with van der Waals surface area (Å²) in [4.78, 5) is 30.3. The molecule has 2 unspecified atom stereocenters. The first-order valence-corrected chi connectivity index (χ1v) is 13.1. The first-order chi connectivity index (χ1) is 17.6. The smallest absolute Gasteiger partial charge is 0.269 e. The molecule has 3 aromatic rings. The standard InChI is InChI=1S/C24H28N6O6S/c1-14(22(31)26-16-5-8-18(9-6-16)37(25,34)35)30-11-3-4-15(13-30)23(32)29-28-21-19-10-7-17(36-2)12-20(19)27-24(21)33/h5-10,12,14-15,27,33H,3-4,11,13H2,1-2H3,(H,26,31)(H2,25,34,35). The lowest BCUT2D eigenvalue weighted by Crippen LogP contribution is -2.48. The lowest BCUT2D eigenvalue weighted by Gasteiger charge is -2.34. The Morgan fingerprint density at radius 1 is 1.24 bits per heavy atom. The highest BCUT2D eigenvalue weighted by Gasteiger charge is 2.31. The van der Waals surface area contributed by atoms with Gasteiger partial charge in [-0.15, -0.1) is 10.2 Å². The van der Waals surface area contributed by atoms with Gasteiger partial charge in [-0.3, -0.25) is 14.5 Å². The molecule has 1 aromatic heterocycles. The van der Waals surface area contributed by atoms with Crippen molar-refractivity contribution >= 4 is 44.1 Å². The number of sulfonamides is 1. The topological polar surface area (TPSA) is 180 Å². The maximum absolute atomic E-state index is 12.8. The number of nitrogens with zero attached hydrogens (tertiary/aromatic N) is 3. The van der Waals surface area contributed by atoms with Gasteiger partial charge in [0.15, 0.2) is 5.69 Å². The highest BCUT2D eigenvalue weighted by atomic mass is 32.2. The number of fused-ring (bicyclic) bond motifs is 1. The number of nitrogens with two attached hydrogens (primary N) is 1. The predicted molar refractivity (Wildman–Crippen MR) is 136 cm³/mol. The number of methoxy groups -OCH3 is 1. The summed E-state index contributed by atoms with van der Waals surface area (Å²) in [6.07, 6.45) is 1.31. The molecule has 2 heterocycles. The summed E-state index contributed by atoms with van der Waals surface area (Å²) in [6, 6.07) is 10.2. The van der Waals surface area contributed by atoms with E-state index in [1.807, 2.05) is 4.90 Å². The second-order valence-electron chi connectivity index (χ2n) is 8.84. The van der Waals surface area contributed by atoms with Gasteiger partial charge in [0.1, 0.15) is 5.75 Å². The van der Waals surface area contributed by atoms with E-state index in [9.17, 15) is 23.1 Å². The zero-order valence-electron chi connectivity index (χ0n) is 20.3. The first-order valence-electron chi connectivity index (χ1n) is 11.6. The number of primary sulfonamides is 1. The van der Waals surface area contributed by atoms with E-state index in [0.717, 1.165) is 0 Å². The van der Waals surface area contributed by atoms with E-state index >= 15 is 0 Å². The van der Waals surface area contributed by atoms with Gasteiger partial charge in [0.05, 0.1) is 29.5 Å². The quantitative estimate of drug-likeness (QED) is 0.340. The Kier molecular flexibility index (Phi) is 7.57. The van der Waals surface area contributed by atoms with Gasteiger partial charge in [-0.1, -0.05) is 0 Å². The molecule has 0 saturated carbocycles. The van der Waals surface area contributed by atoms with E-state index in [-0.39, 0.29) is 22.4 Å². The van der Waals surface area contributed by atoms with Crippen LogP contribution in [0.4, 0.5) is 11.4 Å². The molecule has 0 aliphatic carbocycles. The number of hydrogen-bond acceptors (Lipinski definition) is 8. The summed E-state index contributed by atoms with van der Waals surface area (Å²) in [5.41, 5.74) is 1.19. The van der Waals surface area contributed by atoms with Crippen molar-refractivity contribution in [3.8, 4) is 11.6 Å². The molecule has 1 aliphatic rings. The normalized spacial score (nSPS) is 17.6. The highest BCUT2D eigenvalue weighted by Crippen LogP contribution is 2.37. The average Bonchev–Trinajstić information content (AvgIpc) is 3.20. The molecule has 0 radical (unpaired) electrons. The number of ether oxygens (including phenoxy) is 1. The van der Waals surface area contributed by atoms with Crippen molar-refractivity contribution in [1.82, 2.24) is 9.88 Å². The molecule has 2 amide bonds. The Morgan fingerprint density at radius 3 is 2.65 bits per heavy atom. The van der Waals surface area contributed by atoms with Crippen LogP contribution in [-0.2, 0) is 19.6 Å². The number of anilines is 1. The second-order valence-corrected chi connectivity index (χ2v) is 10.4. The minimum absolute atomic E-state index is 0.0502. The van der Waals surface area contributed by atoms with Crippen LogP contribution in [0.5, 0.6) is 11.6 Å². The lowest BCUT2D eigenvalue weighted by atomic mass is 9.96. The van der Waals surface area contributed by atoms with E-state index in [2.05, 4.69) is 20.5 Å². The number of carbonyl (C=O) groups is 2. The third kappa shape index (κ3) is 5.96. The van der Waals surface area contributed by atoms with Gasteiger partial charge in [-0.25, -0.2) is 13.6 Å². The van der Waals surface area contributed by atoms with Gasteiger partial charge in [0.2, 0.25) is 21.8 Å². The van der Waals surface area contributed by atoms with Crippen molar-refractivity contribution in [2.24, 2.45) is 21.3 Å². The van der Waals surface area contributed by atoms with Gasteiger partial charge in [0, 0.05) is 23.7 Å². The Balaban J connectivity index is 1.39. The number of piperidine rings is 1. The van der Waals surface area contributed by atoms with Crippen molar-refractivity contribution in [3.05, 3.63) is 42.5 Å². The molecule has 196 valence electrons. The molecule has 2 aromatic carbocycles. The van der Waals surface area contributed by atoms with Gasteiger partial charge >= 0.3 is 0 Å². The second kappa shape index (κ2) is 10.7. The number of rotatable bonds is 7. The molecule has 1 fully saturated rings. The number of azo groups is 1. The number of aromatic hydroxyl groups is 1. The summed E-state index contributed by atoms with van der Waals surface area (Å²) in [7, 11) is -2.28. The Bertz CT molecular complexity index is 1450. The molecule has 5 N–H and O–H groups in total. The fourth-order valence-electron chi connectivity index (χ4n) is 4.26. The molecular formula is C24H28N6O6S. The van der Waals surface area contributed by atoms with Gasteiger partial charge in [-0.2, -0.15) is 0 Å². The van der Waals surface area contributed by atoms with Crippen LogP contribution in [0.25, 0.3) is 10.9 Å². The zero-order valence-corrected chi connectivity index (χ0v) is 21.2. The molecular weight excluding hydrogens is 500 g/mol. The van der Waals surface area contributed by atoms with Crippen LogP contribution in [0.2, 0.25) is 0 Å². The van der Waals surface area contributed by atoms with E-state index < -0.39 is 27.9 Å². The number of hydrogen-bond donors (Lipinski definition) is 4. The number of likely N-dealkylation sites (tertiary alicyclic amines) is 1. The van der Waals surface area contributed by atoms with Crippen LogP contribution in [0.15, 0.2) is 57.6 Å². The molecule has 0 bridgehead atoms. The fraction of sp³-hybridized carbons (Fsp3) is 0.333. The molecule has 2 atom stereocenters. The maximum Gasteiger partial charge on any atom is 0.269 e. The third-order valence-electron chi connectivity index (χ3n) is 6.39. The lowest BCUT2D eigenvalue weighted by molar-refractivity contribution is -0.127. The van der Waals surface area contributed by atoms with Gasteiger partial charge in [0.25, 0.3) is 5.91 Å². The first kappa shape index (κ1) is 26.3. The largest absolute Gasteiger partial charge is 0.497 e. The minimum atomic E-state index is -3.82. The number of nitrogens with one attached hydrogen (secondary N) is 2. The van der Waals surface area contributed by atoms with E-state index in [1.54, 1.807) is 25.1 Å². The average molecular weight is 529 g/mol. The van der Waals surface area contributed by atoms with Crippen LogP contribution in [0, 0.1) is 5.92 Å². The fourth-order valence-corrected chi connectivity index (χ4v) is 4.77. The van der Waals surface area contributed by atoms with Crippen LogP contribution in [0.1, 0.15) is 19.8 Å². The highest BCUT2D eigenvalue weighted by molar-refractivity contribution is 7.89. The van der Waals surface area contributed by atoms with Crippen molar-refractivity contribution in [2.45, 2.75) is 30.7 Å². The van der Waals surface area contributed by atoms with Crippen molar-refractivity contribution < 1.29 is 27.9 Å².